The van der Waals surface area contributed by atoms with Crippen LogP contribution in [-0.2, 0) is 0 Å². The summed E-state index contributed by atoms with van der Waals surface area (Å²) >= 11 is 0. The summed E-state index contributed by atoms with van der Waals surface area (Å²) in [5, 5.41) is 14.6. The first-order chi connectivity index (χ1) is 9.04. The first-order valence-electron chi connectivity index (χ1n) is 6.34. The Labute approximate surface area is 112 Å². The van der Waals surface area contributed by atoms with Crippen molar-refractivity contribution in [2.24, 2.45) is 5.41 Å². The smallest absolute Gasteiger partial charge is 0.319 e. The van der Waals surface area contributed by atoms with Crippen LogP contribution in [0.3, 0.4) is 0 Å². The van der Waals surface area contributed by atoms with Gasteiger partial charge in [0.05, 0.1) is 18.5 Å². The Hall–Kier alpha value is -1.82. The normalized spacial score (nSPS) is 15.7. The minimum Gasteiger partial charge on any atom is -0.396 e. The van der Waals surface area contributed by atoms with Gasteiger partial charge in [0.25, 0.3) is 0 Å². The van der Waals surface area contributed by atoms with E-state index in [9.17, 15) is 4.79 Å². The van der Waals surface area contributed by atoms with E-state index < -0.39 is 0 Å². The molecule has 6 nitrogen and oxygen atoms in total. The van der Waals surface area contributed by atoms with Crippen molar-refractivity contribution in [2.75, 3.05) is 37.5 Å². The summed E-state index contributed by atoms with van der Waals surface area (Å²) in [7, 11) is 3.82. The van der Waals surface area contributed by atoms with Crippen LogP contribution in [0.15, 0.2) is 18.3 Å². The lowest BCUT2D eigenvalue weighted by Gasteiger charge is -2.14. The average Bonchev–Trinajstić information content (AvgIpc) is 3.18. The zero-order chi connectivity index (χ0) is 13.9. The number of urea groups is 1. The lowest BCUT2D eigenvalue weighted by Crippen LogP contribution is -2.35. The predicted molar refractivity (Wildman–Crippen MR) is 74.3 cm³/mol. The van der Waals surface area contributed by atoms with Gasteiger partial charge in [-0.1, -0.05) is 0 Å². The van der Waals surface area contributed by atoms with Crippen molar-refractivity contribution in [1.82, 2.24) is 10.3 Å². The maximum absolute atomic E-state index is 11.7. The van der Waals surface area contributed by atoms with E-state index in [1.165, 1.54) is 0 Å². The summed E-state index contributed by atoms with van der Waals surface area (Å²) < 4.78 is 0. The van der Waals surface area contributed by atoms with Gasteiger partial charge in [-0.2, -0.15) is 0 Å². The molecule has 0 aromatic carbocycles. The highest BCUT2D eigenvalue weighted by atomic mass is 16.3. The fourth-order valence-electron chi connectivity index (χ4n) is 1.74. The highest BCUT2D eigenvalue weighted by molar-refractivity contribution is 5.89. The van der Waals surface area contributed by atoms with Gasteiger partial charge in [0.2, 0.25) is 0 Å². The Morgan fingerprint density at radius 3 is 2.68 bits per heavy atom. The van der Waals surface area contributed by atoms with Gasteiger partial charge in [-0.3, -0.25) is 0 Å². The molecule has 3 N–H and O–H groups in total. The molecule has 0 radical (unpaired) electrons. The second-order valence-electron chi connectivity index (χ2n) is 5.27. The van der Waals surface area contributed by atoms with Gasteiger partial charge in [-0.05, 0) is 25.0 Å². The molecule has 104 valence electrons. The zero-order valence-electron chi connectivity index (χ0n) is 11.3. The summed E-state index contributed by atoms with van der Waals surface area (Å²) in [5.74, 6) is 0.836. The van der Waals surface area contributed by atoms with Gasteiger partial charge in [-0.25, -0.2) is 9.78 Å². The van der Waals surface area contributed by atoms with E-state index in [0.717, 1.165) is 18.7 Å². The molecule has 6 heteroatoms. The van der Waals surface area contributed by atoms with E-state index in [1.54, 1.807) is 12.3 Å². The molecule has 1 aliphatic carbocycles. The molecule has 2 amide bonds. The molecule has 1 heterocycles. The van der Waals surface area contributed by atoms with Crippen molar-refractivity contribution >= 4 is 17.5 Å². The third-order valence-corrected chi connectivity index (χ3v) is 3.38. The van der Waals surface area contributed by atoms with Crippen LogP contribution in [0.4, 0.5) is 16.3 Å². The fraction of sp³-hybridized carbons (Fsp3) is 0.538. The SMILES string of the molecule is CN(C)c1ccc(NC(=O)NCC2(CO)CC2)cn1. The van der Waals surface area contributed by atoms with Gasteiger partial charge in [0.15, 0.2) is 0 Å². The number of hydrogen-bond donors (Lipinski definition) is 3. The minimum absolute atomic E-state index is 0.0790. The van der Waals surface area contributed by atoms with Crippen LogP contribution in [0, 0.1) is 5.41 Å². The predicted octanol–water partition coefficient (Wildman–Crippen LogP) is 1.04. The molecule has 0 bridgehead atoms. The number of hydrogen-bond acceptors (Lipinski definition) is 4. The number of carbonyl (C=O) groups excluding carboxylic acids is 1. The topological polar surface area (TPSA) is 77.5 Å². The number of anilines is 2. The zero-order valence-corrected chi connectivity index (χ0v) is 11.3. The maximum atomic E-state index is 11.7. The van der Waals surface area contributed by atoms with Crippen LogP contribution in [-0.4, -0.2) is 43.4 Å². The lowest BCUT2D eigenvalue weighted by atomic mass is 10.1. The van der Waals surface area contributed by atoms with E-state index in [2.05, 4.69) is 15.6 Å². The molecule has 1 fully saturated rings. The first kappa shape index (κ1) is 13.6. The van der Waals surface area contributed by atoms with Crippen molar-refractivity contribution in [3.05, 3.63) is 18.3 Å². The molecule has 0 aliphatic heterocycles. The largest absolute Gasteiger partial charge is 0.396 e. The van der Waals surface area contributed by atoms with Gasteiger partial charge < -0.3 is 20.6 Å². The maximum Gasteiger partial charge on any atom is 0.319 e. The number of nitrogens with one attached hydrogen (secondary N) is 2. The number of amides is 2. The lowest BCUT2D eigenvalue weighted by molar-refractivity contribution is 0.206. The van der Waals surface area contributed by atoms with Crippen LogP contribution in [0.1, 0.15) is 12.8 Å². The quantitative estimate of drug-likeness (QED) is 0.742. The van der Waals surface area contributed by atoms with Gasteiger partial charge in [0.1, 0.15) is 5.82 Å². The molecule has 1 saturated carbocycles. The van der Waals surface area contributed by atoms with Crippen LogP contribution in [0.5, 0.6) is 0 Å². The Bertz CT molecular complexity index is 440. The second-order valence-corrected chi connectivity index (χ2v) is 5.27. The van der Waals surface area contributed by atoms with E-state index in [-0.39, 0.29) is 18.1 Å². The molecular weight excluding hydrogens is 244 g/mol. The van der Waals surface area contributed by atoms with Crippen molar-refractivity contribution in [3.8, 4) is 0 Å². The Morgan fingerprint density at radius 2 is 2.21 bits per heavy atom. The number of carbonyl (C=O) groups is 1. The summed E-state index contributed by atoms with van der Waals surface area (Å²) in [6, 6.07) is 3.38. The van der Waals surface area contributed by atoms with Crippen molar-refractivity contribution in [1.29, 1.82) is 0 Å². The monoisotopic (exact) mass is 264 g/mol. The van der Waals surface area contributed by atoms with Crippen LogP contribution >= 0.6 is 0 Å². The molecular formula is C13H20N4O2. The molecule has 0 atom stereocenters. The Balaban J connectivity index is 1.81. The second kappa shape index (κ2) is 5.44. The van der Waals surface area contributed by atoms with Crippen LogP contribution in [0.25, 0.3) is 0 Å². The molecule has 0 unspecified atom stereocenters. The molecule has 0 saturated heterocycles. The molecule has 0 spiro atoms. The number of pyridine rings is 1. The summed E-state index contributed by atoms with van der Waals surface area (Å²) in [6.45, 7) is 0.644. The highest BCUT2D eigenvalue weighted by Gasteiger charge is 2.42. The minimum atomic E-state index is -0.265. The van der Waals surface area contributed by atoms with E-state index in [0.29, 0.717) is 12.2 Å². The summed E-state index contributed by atoms with van der Waals surface area (Å²) in [6.07, 6.45) is 3.57. The average molecular weight is 264 g/mol. The molecule has 2 rings (SSSR count). The molecule has 1 aromatic heterocycles. The van der Waals surface area contributed by atoms with E-state index >= 15 is 0 Å². The number of aliphatic hydroxyl groups is 1. The van der Waals surface area contributed by atoms with Crippen molar-refractivity contribution < 1.29 is 9.90 Å². The molecule has 19 heavy (non-hydrogen) atoms. The van der Waals surface area contributed by atoms with Crippen LogP contribution < -0.4 is 15.5 Å². The van der Waals surface area contributed by atoms with Gasteiger partial charge in [-0.15, -0.1) is 0 Å². The van der Waals surface area contributed by atoms with E-state index in [1.807, 2.05) is 25.1 Å². The summed E-state index contributed by atoms with van der Waals surface area (Å²) in [4.78, 5) is 17.8. The molecule has 1 aromatic rings. The number of aromatic nitrogens is 1. The highest BCUT2D eigenvalue weighted by Crippen LogP contribution is 2.44. The number of rotatable bonds is 5. The molecule has 1 aliphatic rings. The van der Waals surface area contributed by atoms with Crippen molar-refractivity contribution in [3.63, 3.8) is 0 Å². The Morgan fingerprint density at radius 1 is 1.47 bits per heavy atom. The van der Waals surface area contributed by atoms with Crippen LogP contribution in [0.2, 0.25) is 0 Å². The van der Waals surface area contributed by atoms with Crippen molar-refractivity contribution in [2.45, 2.75) is 12.8 Å². The first-order valence-corrected chi connectivity index (χ1v) is 6.34. The van der Waals surface area contributed by atoms with Gasteiger partial charge in [0, 0.05) is 26.1 Å². The number of nitrogens with zero attached hydrogens (tertiary/aromatic N) is 2. The third-order valence-electron chi connectivity index (χ3n) is 3.38. The standard InChI is InChI=1S/C13H20N4O2/c1-17(2)11-4-3-10(7-14-11)16-12(19)15-8-13(9-18)5-6-13/h3-4,7,18H,5-6,8-9H2,1-2H3,(H2,15,16,19). The Kier molecular flexibility index (Phi) is 3.90. The third kappa shape index (κ3) is 3.57. The summed E-state index contributed by atoms with van der Waals surface area (Å²) in [5.41, 5.74) is 0.571. The van der Waals surface area contributed by atoms with E-state index in [4.69, 9.17) is 5.11 Å². The van der Waals surface area contributed by atoms with Gasteiger partial charge >= 0.3 is 6.03 Å². The fourth-order valence-corrected chi connectivity index (χ4v) is 1.74. The number of aliphatic hydroxyl groups excluding tert-OH is 1.